The predicted molar refractivity (Wildman–Crippen MR) is 81.8 cm³/mol. The first-order chi connectivity index (χ1) is 9.58. The number of nitrogens with zero attached hydrogens (tertiary/aromatic N) is 1. The third-order valence-electron chi connectivity index (χ3n) is 4.18. The van der Waals surface area contributed by atoms with Gasteiger partial charge in [0, 0.05) is 18.5 Å². The number of aromatic amines is 1. The maximum Gasteiger partial charge on any atom is 0.251 e. The molecule has 0 aliphatic heterocycles. The topological polar surface area (TPSA) is 57.8 Å². The van der Waals surface area contributed by atoms with Crippen LogP contribution in [0.1, 0.15) is 63.9 Å². The standard InChI is InChI=1S/C16H27N3O/c1-4-12-5-6-13(7-12)16-18-14(8-15(20)19-16)10-17-9-11(2)3/h8,11-13,17H,4-7,9-10H2,1-3H3,(H,18,19,20). The van der Waals surface area contributed by atoms with Crippen LogP contribution in [0.4, 0.5) is 0 Å². The Balaban J connectivity index is 2.03. The normalized spacial score (nSPS) is 22.6. The molecule has 0 spiro atoms. The molecule has 2 atom stereocenters. The van der Waals surface area contributed by atoms with Crippen molar-refractivity contribution in [3.63, 3.8) is 0 Å². The number of hydrogen-bond acceptors (Lipinski definition) is 3. The van der Waals surface area contributed by atoms with Gasteiger partial charge in [0.1, 0.15) is 5.82 Å². The van der Waals surface area contributed by atoms with E-state index >= 15 is 0 Å². The van der Waals surface area contributed by atoms with Crippen LogP contribution in [0.25, 0.3) is 0 Å². The van der Waals surface area contributed by atoms with Crippen LogP contribution in [0.15, 0.2) is 10.9 Å². The zero-order valence-corrected chi connectivity index (χ0v) is 12.9. The van der Waals surface area contributed by atoms with E-state index in [1.54, 1.807) is 6.07 Å². The first-order valence-electron chi connectivity index (χ1n) is 7.89. The van der Waals surface area contributed by atoms with Gasteiger partial charge in [-0.25, -0.2) is 4.98 Å². The van der Waals surface area contributed by atoms with Crippen LogP contribution in [0, 0.1) is 11.8 Å². The van der Waals surface area contributed by atoms with Crippen molar-refractivity contribution in [3.05, 3.63) is 27.9 Å². The molecule has 4 heteroatoms. The summed E-state index contributed by atoms with van der Waals surface area (Å²) in [5, 5.41) is 3.35. The fraction of sp³-hybridized carbons (Fsp3) is 0.750. The van der Waals surface area contributed by atoms with Crippen LogP contribution in [-0.4, -0.2) is 16.5 Å². The summed E-state index contributed by atoms with van der Waals surface area (Å²) in [7, 11) is 0. The third kappa shape index (κ3) is 4.17. The molecule has 0 amide bonds. The first kappa shape index (κ1) is 15.2. The average molecular weight is 277 g/mol. The van der Waals surface area contributed by atoms with Crippen LogP contribution in [0.2, 0.25) is 0 Å². The molecule has 1 aliphatic carbocycles. The summed E-state index contributed by atoms with van der Waals surface area (Å²) in [6.07, 6.45) is 4.82. The maximum atomic E-state index is 11.8. The summed E-state index contributed by atoms with van der Waals surface area (Å²) < 4.78 is 0. The number of H-pyrrole nitrogens is 1. The Kier molecular flexibility index (Phi) is 5.35. The first-order valence-corrected chi connectivity index (χ1v) is 7.89. The minimum atomic E-state index is -0.0173. The molecule has 20 heavy (non-hydrogen) atoms. The lowest BCUT2D eigenvalue weighted by Gasteiger charge is -2.12. The quantitative estimate of drug-likeness (QED) is 0.840. The van der Waals surface area contributed by atoms with Gasteiger partial charge < -0.3 is 10.3 Å². The van der Waals surface area contributed by atoms with Gasteiger partial charge in [0.05, 0.1) is 5.69 Å². The van der Waals surface area contributed by atoms with Crippen molar-refractivity contribution >= 4 is 0 Å². The van der Waals surface area contributed by atoms with E-state index in [0.717, 1.165) is 30.4 Å². The molecule has 2 N–H and O–H groups in total. The Morgan fingerprint density at radius 1 is 1.45 bits per heavy atom. The van der Waals surface area contributed by atoms with Crippen molar-refractivity contribution < 1.29 is 0 Å². The molecule has 0 saturated heterocycles. The highest BCUT2D eigenvalue weighted by Crippen LogP contribution is 2.37. The highest BCUT2D eigenvalue weighted by molar-refractivity contribution is 5.07. The Morgan fingerprint density at radius 2 is 2.25 bits per heavy atom. The third-order valence-corrected chi connectivity index (χ3v) is 4.18. The van der Waals surface area contributed by atoms with E-state index < -0.39 is 0 Å². The van der Waals surface area contributed by atoms with Crippen LogP contribution in [-0.2, 0) is 6.54 Å². The molecule has 2 unspecified atom stereocenters. The highest BCUT2D eigenvalue weighted by Gasteiger charge is 2.26. The average Bonchev–Trinajstić information content (AvgIpc) is 2.86. The Hall–Kier alpha value is -1.16. The van der Waals surface area contributed by atoms with Gasteiger partial charge in [0.2, 0.25) is 0 Å². The van der Waals surface area contributed by atoms with Gasteiger partial charge in [-0.3, -0.25) is 4.79 Å². The summed E-state index contributed by atoms with van der Waals surface area (Å²) in [5.74, 6) is 2.75. The number of rotatable bonds is 6. The van der Waals surface area contributed by atoms with E-state index in [1.165, 1.54) is 19.3 Å². The van der Waals surface area contributed by atoms with Gasteiger partial charge in [-0.1, -0.05) is 27.2 Å². The molecule has 112 valence electrons. The van der Waals surface area contributed by atoms with Crippen molar-refractivity contribution in [1.29, 1.82) is 0 Å². The van der Waals surface area contributed by atoms with E-state index in [9.17, 15) is 4.79 Å². The Labute approximate surface area is 121 Å². The lowest BCUT2D eigenvalue weighted by atomic mass is 10.0. The summed E-state index contributed by atoms with van der Waals surface area (Å²) >= 11 is 0. The number of aromatic nitrogens is 2. The van der Waals surface area contributed by atoms with Gasteiger partial charge in [0.15, 0.2) is 0 Å². The molecule has 0 aromatic carbocycles. The zero-order chi connectivity index (χ0) is 14.5. The van der Waals surface area contributed by atoms with E-state index in [2.05, 4.69) is 36.1 Å². The van der Waals surface area contributed by atoms with Crippen LogP contribution in [0.5, 0.6) is 0 Å². The van der Waals surface area contributed by atoms with Gasteiger partial charge in [-0.15, -0.1) is 0 Å². The molecule has 2 rings (SSSR count). The highest BCUT2D eigenvalue weighted by atomic mass is 16.1. The summed E-state index contributed by atoms with van der Waals surface area (Å²) in [5.41, 5.74) is 0.848. The fourth-order valence-electron chi connectivity index (χ4n) is 3.00. The largest absolute Gasteiger partial charge is 0.311 e. The Bertz CT molecular complexity index is 481. The van der Waals surface area contributed by atoms with E-state index in [0.29, 0.717) is 18.4 Å². The number of hydrogen-bond donors (Lipinski definition) is 2. The van der Waals surface area contributed by atoms with Crippen LogP contribution < -0.4 is 10.9 Å². The van der Waals surface area contributed by atoms with E-state index in [1.807, 2.05) is 0 Å². The summed E-state index contributed by atoms with van der Waals surface area (Å²) in [6, 6.07) is 1.61. The minimum Gasteiger partial charge on any atom is -0.311 e. The molecule has 0 radical (unpaired) electrons. The second-order valence-corrected chi connectivity index (χ2v) is 6.43. The predicted octanol–water partition coefficient (Wildman–Crippen LogP) is 2.81. The Morgan fingerprint density at radius 3 is 2.90 bits per heavy atom. The second kappa shape index (κ2) is 7.02. The van der Waals surface area contributed by atoms with Crippen molar-refractivity contribution in [2.75, 3.05) is 6.54 Å². The molecule has 1 saturated carbocycles. The van der Waals surface area contributed by atoms with Crippen LogP contribution in [0.3, 0.4) is 0 Å². The molecule has 1 aromatic heterocycles. The van der Waals surface area contributed by atoms with Gasteiger partial charge >= 0.3 is 0 Å². The lowest BCUT2D eigenvalue weighted by Crippen LogP contribution is -2.22. The van der Waals surface area contributed by atoms with Gasteiger partial charge in [0.25, 0.3) is 5.56 Å². The zero-order valence-electron chi connectivity index (χ0n) is 12.9. The van der Waals surface area contributed by atoms with Gasteiger partial charge in [-0.05, 0) is 37.6 Å². The SMILES string of the molecule is CCC1CCC(c2nc(CNCC(C)C)cc(=O)[nH]2)C1. The lowest BCUT2D eigenvalue weighted by molar-refractivity contribution is 0.514. The van der Waals surface area contributed by atoms with Crippen LogP contribution >= 0.6 is 0 Å². The summed E-state index contributed by atoms with van der Waals surface area (Å²) in [6.45, 7) is 8.22. The molecule has 1 aliphatic rings. The molecular formula is C16H27N3O. The maximum absolute atomic E-state index is 11.8. The van der Waals surface area contributed by atoms with E-state index in [-0.39, 0.29) is 5.56 Å². The van der Waals surface area contributed by atoms with E-state index in [4.69, 9.17) is 0 Å². The van der Waals surface area contributed by atoms with Gasteiger partial charge in [-0.2, -0.15) is 0 Å². The smallest absolute Gasteiger partial charge is 0.251 e. The molecule has 1 heterocycles. The second-order valence-electron chi connectivity index (χ2n) is 6.43. The number of nitrogens with one attached hydrogen (secondary N) is 2. The van der Waals surface area contributed by atoms with Crippen molar-refractivity contribution in [2.45, 2.75) is 58.9 Å². The minimum absolute atomic E-state index is 0.0173. The molecule has 1 fully saturated rings. The monoisotopic (exact) mass is 277 g/mol. The van der Waals surface area contributed by atoms with Crippen molar-refractivity contribution in [2.24, 2.45) is 11.8 Å². The molecule has 1 aromatic rings. The fourth-order valence-corrected chi connectivity index (χ4v) is 3.00. The molecule has 0 bridgehead atoms. The molecular weight excluding hydrogens is 250 g/mol. The summed E-state index contributed by atoms with van der Waals surface area (Å²) in [4.78, 5) is 19.4. The van der Waals surface area contributed by atoms with Crippen molar-refractivity contribution in [1.82, 2.24) is 15.3 Å². The van der Waals surface area contributed by atoms with Crippen molar-refractivity contribution in [3.8, 4) is 0 Å². The molecule has 4 nitrogen and oxygen atoms in total.